The molecule has 1 heterocycles. The molecular weight excluding hydrogens is 328 g/mol. The Kier molecular flexibility index (Phi) is 5.23. The van der Waals surface area contributed by atoms with Crippen molar-refractivity contribution >= 4 is 28.9 Å². The quantitative estimate of drug-likeness (QED) is 0.921. The minimum Gasteiger partial charge on any atom is -0.495 e. The van der Waals surface area contributed by atoms with Gasteiger partial charge in [0, 0.05) is 18.8 Å². The van der Waals surface area contributed by atoms with E-state index in [4.69, 9.17) is 21.1 Å². The molecule has 2 aromatic rings. The van der Waals surface area contributed by atoms with Crippen LogP contribution in [0.15, 0.2) is 42.5 Å². The summed E-state index contributed by atoms with van der Waals surface area (Å²) in [7, 11) is 1.58. The van der Waals surface area contributed by atoms with Crippen LogP contribution in [-0.4, -0.2) is 39.3 Å². The Morgan fingerprint density at radius 1 is 1.21 bits per heavy atom. The van der Waals surface area contributed by atoms with Gasteiger partial charge in [-0.15, -0.1) is 0 Å². The van der Waals surface area contributed by atoms with Crippen molar-refractivity contribution in [2.75, 3.05) is 43.6 Å². The van der Waals surface area contributed by atoms with Gasteiger partial charge < -0.3 is 19.7 Å². The lowest BCUT2D eigenvalue weighted by atomic mass is 10.2. The third kappa shape index (κ3) is 3.63. The number of carbonyl (C=O) groups excluding carboxylic acids is 1. The van der Waals surface area contributed by atoms with Crippen LogP contribution < -0.4 is 15.0 Å². The van der Waals surface area contributed by atoms with E-state index in [2.05, 4.69) is 10.2 Å². The number of nitrogens with one attached hydrogen (secondary N) is 1. The fraction of sp³-hybridized carbons (Fsp3) is 0.278. The Hall–Kier alpha value is -2.24. The molecule has 1 aliphatic heterocycles. The molecule has 5 nitrogen and oxygen atoms in total. The molecule has 1 aliphatic rings. The zero-order valence-electron chi connectivity index (χ0n) is 13.4. The van der Waals surface area contributed by atoms with Crippen molar-refractivity contribution in [3.8, 4) is 5.75 Å². The first-order chi connectivity index (χ1) is 11.7. The number of hydrogen-bond acceptors (Lipinski definition) is 4. The van der Waals surface area contributed by atoms with Crippen molar-refractivity contribution in [2.24, 2.45) is 0 Å². The van der Waals surface area contributed by atoms with E-state index in [0.717, 1.165) is 18.8 Å². The number of nitrogens with zero attached hydrogens (tertiary/aromatic N) is 1. The van der Waals surface area contributed by atoms with Crippen molar-refractivity contribution in [3.05, 3.63) is 53.1 Å². The molecule has 0 radical (unpaired) electrons. The van der Waals surface area contributed by atoms with Gasteiger partial charge in [0.2, 0.25) is 0 Å². The van der Waals surface area contributed by atoms with Gasteiger partial charge in [0.1, 0.15) is 5.75 Å². The van der Waals surface area contributed by atoms with E-state index in [-0.39, 0.29) is 5.91 Å². The molecule has 1 saturated heterocycles. The van der Waals surface area contributed by atoms with Crippen LogP contribution in [0.5, 0.6) is 5.75 Å². The lowest BCUT2D eigenvalue weighted by Crippen LogP contribution is -2.36. The molecule has 126 valence electrons. The molecule has 0 aromatic heterocycles. The van der Waals surface area contributed by atoms with Gasteiger partial charge in [-0.3, -0.25) is 4.79 Å². The molecule has 24 heavy (non-hydrogen) atoms. The highest BCUT2D eigenvalue weighted by atomic mass is 35.5. The Balaban J connectivity index is 1.85. The van der Waals surface area contributed by atoms with E-state index in [1.165, 1.54) is 0 Å². The molecule has 1 N–H and O–H groups in total. The van der Waals surface area contributed by atoms with Crippen molar-refractivity contribution in [1.29, 1.82) is 0 Å². The Morgan fingerprint density at radius 3 is 2.67 bits per heavy atom. The van der Waals surface area contributed by atoms with Crippen LogP contribution in [0.2, 0.25) is 5.02 Å². The maximum atomic E-state index is 12.5. The van der Waals surface area contributed by atoms with Crippen LogP contribution >= 0.6 is 11.6 Å². The molecule has 0 unspecified atom stereocenters. The summed E-state index contributed by atoms with van der Waals surface area (Å²) in [5, 5.41) is 3.31. The van der Waals surface area contributed by atoms with E-state index < -0.39 is 0 Å². The van der Waals surface area contributed by atoms with Gasteiger partial charge in [0.15, 0.2) is 0 Å². The maximum absolute atomic E-state index is 12.5. The van der Waals surface area contributed by atoms with E-state index in [1.54, 1.807) is 31.4 Å². The second kappa shape index (κ2) is 7.55. The molecule has 0 atom stereocenters. The topological polar surface area (TPSA) is 50.8 Å². The molecule has 6 heteroatoms. The van der Waals surface area contributed by atoms with Gasteiger partial charge in [-0.1, -0.05) is 23.7 Å². The Bertz CT molecular complexity index is 730. The molecule has 3 rings (SSSR count). The minimum absolute atomic E-state index is 0.266. The van der Waals surface area contributed by atoms with Gasteiger partial charge >= 0.3 is 0 Å². The van der Waals surface area contributed by atoms with Crippen LogP contribution in [0.25, 0.3) is 0 Å². The Labute approximate surface area is 146 Å². The molecule has 2 aromatic carbocycles. The number of amides is 1. The van der Waals surface area contributed by atoms with E-state index in [0.29, 0.717) is 35.2 Å². The predicted molar refractivity (Wildman–Crippen MR) is 95.4 cm³/mol. The normalized spacial score (nSPS) is 14.3. The highest BCUT2D eigenvalue weighted by Crippen LogP contribution is 2.31. The monoisotopic (exact) mass is 346 g/mol. The van der Waals surface area contributed by atoms with Gasteiger partial charge in [-0.25, -0.2) is 0 Å². The lowest BCUT2D eigenvalue weighted by molar-refractivity contribution is 0.102. The SMILES string of the molecule is COc1ccc(N2CCOCC2)cc1NC(=O)c1ccccc1Cl. The van der Waals surface area contributed by atoms with Gasteiger partial charge in [0.05, 0.1) is 36.6 Å². The number of hydrogen-bond donors (Lipinski definition) is 1. The molecule has 1 amide bonds. The van der Waals surface area contributed by atoms with Gasteiger partial charge in [-0.2, -0.15) is 0 Å². The third-order valence-electron chi connectivity index (χ3n) is 3.93. The van der Waals surface area contributed by atoms with E-state index >= 15 is 0 Å². The third-order valence-corrected chi connectivity index (χ3v) is 4.26. The first-order valence-corrected chi connectivity index (χ1v) is 8.13. The van der Waals surface area contributed by atoms with Gasteiger partial charge in [0.25, 0.3) is 5.91 Å². The Morgan fingerprint density at radius 2 is 1.96 bits per heavy atom. The number of rotatable bonds is 4. The predicted octanol–water partition coefficient (Wildman–Crippen LogP) is 3.44. The summed E-state index contributed by atoms with van der Waals surface area (Å²) in [6.07, 6.45) is 0. The van der Waals surface area contributed by atoms with Gasteiger partial charge in [-0.05, 0) is 30.3 Å². The fourth-order valence-electron chi connectivity index (χ4n) is 2.65. The first-order valence-electron chi connectivity index (χ1n) is 7.75. The largest absolute Gasteiger partial charge is 0.495 e. The second-order valence-electron chi connectivity index (χ2n) is 5.42. The maximum Gasteiger partial charge on any atom is 0.257 e. The summed E-state index contributed by atoms with van der Waals surface area (Å²) in [6, 6.07) is 12.7. The number of benzene rings is 2. The molecule has 1 fully saturated rings. The first kappa shape index (κ1) is 16.6. The van der Waals surface area contributed by atoms with Crippen LogP contribution in [0, 0.1) is 0 Å². The summed E-state index contributed by atoms with van der Waals surface area (Å²) >= 11 is 6.10. The van der Waals surface area contributed by atoms with Crippen molar-refractivity contribution in [1.82, 2.24) is 0 Å². The second-order valence-corrected chi connectivity index (χ2v) is 5.83. The zero-order chi connectivity index (χ0) is 16.9. The number of carbonyl (C=O) groups is 1. The summed E-state index contributed by atoms with van der Waals surface area (Å²) < 4.78 is 10.7. The van der Waals surface area contributed by atoms with E-state index in [9.17, 15) is 4.79 Å². The number of halogens is 1. The van der Waals surface area contributed by atoms with Crippen LogP contribution in [0.3, 0.4) is 0 Å². The molecule has 0 aliphatic carbocycles. The van der Waals surface area contributed by atoms with Crippen LogP contribution in [0.1, 0.15) is 10.4 Å². The smallest absolute Gasteiger partial charge is 0.257 e. The van der Waals surface area contributed by atoms with Crippen molar-refractivity contribution < 1.29 is 14.3 Å². The van der Waals surface area contributed by atoms with Crippen molar-refractivity contribution in [3.63, 3.8) is 0 Å². The average Bonchev–Trinajstić information content (AvgIpc) is 2.62. The number of methoxy groups -OCH3 is 1. The van der Waals surface area contributed by atoms with Crippen molar-refractivity contribution in [2.45, 2.75) is 0 Å². The standard InChI is InChI=1S/C18H19ClN2O3/c1-23-17-7-6-13(21-8-10-24-11-9-21)12-16(17)20-18(22)14-4-2-3-5-15(14)19/h2-7,12H,8-11H2,1H3,(H,20,22). The number of morpholine rings is 1. The lowest BCUT2D eigenvalue weighted by Gasteiger charge is -2.29. The molecule has 0 bridgehead atoms. The van der Waals surface area contributed by atoms with Crippen LogP contribution in [0.4, 0.5) is 11.4 Å². The molecular formula is C18H19ClN2O3. The minimum atomic E-state index is -0.266. The van der Waals surface area contributed by atoms with Crippen LogP contribution in [-0.2, 0) is 4.74 Å². The number of anilines is 2. The molecule has 0 spiro atoms. The average molecular weight is 347 g/mol. The highest BCUT2D eigenvalue weighted by molar-refractivity contribution is 6.34. The fourth-order valence-corrected chi connectivity index (χ4v) is 2.87. The molecule has 0 saturated carbocycles. The highest BCUT2D eigenvalue weighted by Gasteiger charge is 2.16. The number of ether oxygens (including phenoxy) is 2. The summed E-state index contributed by atoms with van der Waals surface area (Å²) in [6.45, 7) is 3.05. The zero-order valence-corrected chi connectivity index (χ0v) is 14.2. The summed E-state index contributed by atoms with van der Waals surface area (Å²) in [5.41, 5.74) is 2.07. The van der Waals surface area contributed by atoms with E-state index in [1.807, 2.05) is 18.2 Å². The summed E-state index contributed by atoms with van der Waals surface area (Å²) in [5.74, 6) is 0.338. The summed E-state index contributed by atoms with van der Waals surface area (Å²) in [4.78, 5) is 14.7.